The van der Waals surface area contributed by atoms with Gasteiger partial charge in [-0.2, -0.15) is 4.31 Å². The summed E-state index contributed by atoms with van der Waals surface area (Å²) in [5, 5.41) is 2.89. The van der Waals surface area contributed by atoms with E-state index in [0.29, 0.717) is 17.8 Å². The Balaban J connectivity index is 2.29. The second kappa shape index (κ2) is 8.65. The van der Waals surface area contributed by atoms with Crippen LogP contribution < -0.4 is 5.32 Å². The van der Waals surface area contributed by atoms with Gasteiger partial charge in [-0.25, -0.2) is 8.42 Å². The topological polar surface area (TPSA) is 69.7 Å². The number of benzene rings is 2. The first-order chi connectivity index (χ1) is 12.6. The lowest BCUT2D eigenvalue weighted by Crippen LogP contribution is -2.33. The third-order valence-corrected chi connectivity index (χ3v) is 6.28. The highest BCUT2D eigenvalue weighted by atomic mass is 32.2. The highest BCUT2D eigenvalue weighted by Gasteiger charge is 2.24. The van der Waals surface area contributed by atoms with E-state index in [9.17, 15) is 13.2 Å². The highest BCUT2D eigenvalue weighted by Crippen LogP contribution is 2.20. The summed E-state index contributed by atoms with van der Waals surface area (Å²) in [5.41, 5.74) is 2.00. The average molecular weight is 390 g/mol. The van der Waals surface area contributed by atoms with E-state index in [1.54, 1.807) is 26.0 Å². The summed E-state index contributed by atoms with van der Waals surface area (Å²) in [5.74, 6) is -0.342. The number of hydrogen-bond donors (Lipinski definition) is 1. The minimum atomic E-state index is -3.64. The molecule has 0 unspecified atom stereocenters. The Morgan fingerprint density at radius 1 is 1.04 bits per heavy atom. The molecular weight excluding hydrogens is 362 g/mol. The molecule has 1 N–H and O–H groups in total. The number of nitrogens with zero attached hydrogens (tertiary/aromatic N) is 2. The van der Waals surface area contributed by atoms with Crippen LogP contribution in [0.2, 0.25) is 0 Å². The van der Waals surface area contributed by atoms with Gasteiger partial charge >= 0.3 is 0 Å². The van der Waals surface area contributed by atoms with E-state index in [2.05, 4.69) is 5.32 Å². The fraction of sp³-hybridized carbons (Fsp3) is 0.350. The van der Waals surface area contributed by atoms with Crippen molar-refractivity contribution >= 4 is 21.6 Å². The molecule has 2 aromatic carbocycles. The Labute approximate surface area is 161 Å². The van der Waals surface area contributed by atoms with Gasteiger partial charge in [0.1, 0.15) is 0 Å². The standard InChI is InChI=1S/C20H27N3O3S/c1-15(2)23(5)27(25,26)18-11-8-10-16(13-18)20(24)21-19-12-7-6-9-17(19)14-22(3)4/h6-13,15H,14H2,1-5H3,(H,21,24). The molecule has 0 aromatic heterocycles. The third kappa shape index (κ3) is 5.15. The SMILES string of the molecule is CC(C)N(C)S(=O)(=O)c1cccc(C(=O)Nc2ccccc2CN(C)C)c1. The molecule has 27 heavy (non-hydrogen) atoms. The molecule has 1 amide bonds. The monoisotopic (exact) mass is 389 g/mol. The van der Waals surface area contributed by atoms with Crippen molar-refractivity contribution in [2.75, 3.05) is 26.5 Å². The maximum atomic E-state index is 12.7. The zero-order chi connectivity index (χ0) is 20.2. The molecule has 0 spiro atoms. The van der Waals surface area contributed by atoms with Gasteiger partial charge in [-0.15, -0.1) is 0 Å². The van der Waals surface area contributed by atoms with Crippen LogP contribution in [0.4, 0.5) is 5.69 Å². The number of rotatable bonds is 7. The number of hydrogen-bond acceptors (Lipinski definition) is 4. The Morgan fingerprint density at radius 3 is 2.33 bits per heavy atom. The van der Waals surface area contributed by atoms with Gasteiger partial charge in [0.05, 0.1) is 4.90 Å². The molecule has 0 fully saturated rings. The number of nitrogens with one attached hydrogen (secondary N) is 1. The summed E-state index contributed by atoms with van der Waals surface area (Å²) in [4.78, 5) is 14.8. The van der Waals surface area contributed by atoms with Crippen molar-refractivity contribution in [3.05, 3.63) is 59.7 Å². The lowest BCUT2D eigenvalue weighted by atomic mass is 10.1. The van der Waals surface area contributed by atoms with Gasteiger partial charge in [0.25, 0.3) is 5.91 Å². The van der Waals surface area contributed by atoms with Gasteiger partial charge in [-0.3, -0.25) is 4.79 Å². The molecular formula is C20H27N3O3S. The zero-order valence-electron chi connectivity index (χ0n) is 16.4. The molecule has 146 valence electrons. The largest absolute Gasteiger partial charge is 0.322 e. The molecule has 0 atom stereocenters. The number of anilines is 1. The first-order valence-electron chi connectivity index (χ1n) is 8.75. The summed E-state index contributed by atoms with van der Waals surface area (Å²) < 4.78 is 26.6. The van der Waals surface area contributed by atoms with Crippen LogP contribution in [0.15, 0.2) is 53.4 Å². The highest BCUT2D eigenvalue weighted by molar-refractivity contribution is 7.89. The maximum absolute atomic E-state index is 12.7. The molecule has 7 heteroatoms. The van der Waals surface area contributed by atoms with Crippen LogP contribution in [-0.4, -0.2) is 50.7 Å². The van der Waals surface area contributed by atoms with Crippen LogP contribution in [-0.2, 0) is 16.6 Å². The molecule has 0 aliphatic rings. The van der Waals surface area contributed by atoms with Crippen molar-refractivity contribution in [1.29, 1.82) is 0 Å². The van der Waals surface area contributed by atoms with Gasteiger partial charge in [-0.05, 0) is 57.8 Å². The van der Waals surface area contributed by atoms with Crippen molar-refractivity contribution in [3.63, 3.8) is 0 Å². The first-order valence-corrected chi connectivity index (χ1v) is 10.2. The lowest BCUT2D eigenvalue weighted by molar-refractivity contribution is 0.102. The quantitative estimate of drug-likeness (QED) is 0.790. The van der Waals surface area contributed by atoms with Crippen molar-refractivity contribution < 1.29 is 13.2 Å². The summed E-state index contributed by atoms with van der Waals surface area (Å²) in [7, 11) is 1.80. The van der Waals surface area contributed by atoms with Crippen LogP contribution in [0.1, 0.15) is 29.8 Å². The summed E-state index contributed by atoms with van der Waals surface area (Å²) in [6.07, 6.45) is 0. The fourth-order valence-electron chi connectivity index (χ4n) is 2.56. The van der Waals surface area contributed by atoms with Crippen molar-refractivity contribution in [1.82, 2.24) is 9.21 Å². The van der Waals surface area contributed by atoms with Crippen LogP contribution >= 0.6 is 0 Å². The number of amides is 1. The molecule has 6 nitrogen and oxygen atoms in total. The van der Waals surface area contributed by atoms with E-state index in [-0.39, 0.29) is 16.8 Å². The summed E-state index contributed by atoms with van der Waals surface area (Å²) in [6, 6.07) is 13.5. The van der Waals surface area contributed by atoms with E-state index in [1.165, 1.54) is 23.5 Å². The Bertz CT molecular complexity index is 908. The average Bonchev–Trinajstić information content (AvgIpc) is 2.62. The lowest BCUT2D eigenvalue weighted by Gasteiger charge is -2.21. The number of para-hydroxylation sites is 1. The Morgan fingerprint density at radius 2 is 1.70 bits per heavy atom. The molecule has 0 saturated carbocycles. The Hall–Kier alpha value is -2.22. The third-order valence-electron chi connectivity index (χ3n) is 4.25. The zero-order valence-corrected chi connectivity index (χ0v) is 17.2. The molecule has 0 radical (unpaired) electrons. The van der Waals surface area contributed by atoms with E-state index < -0.39 is 10.0 Å². The predicted octanol–water partition coefficient (Wildman–Crippen LogP) is 3.03. The molecule has 0 heterocycles. The summed E-state index contributed by atoms with van der Waals surface area (Å²) >= 11 is 0. The Kier molecular flexibility index (Phi) is 6.75. The van der Waals surface area contributed by atoms with E-state index in [0.717, 1.165) is 5.56 Å². The molecule has 0 bridgehead atoms. The van der Waals surface area contributed by atoms with Gasteiger partial charge in [0, 0.05) is 30.9 Å². The van der Waals surface area contributed by atoms with Crippen LogP contribution in [0.5, 0.6) is 0 Å². The van der Waals surface area contributed by atoms with Crippen molar-refractivity contribution in [3.8, 4) is 0 Å². The van der Waals surface area contributed by atoms with Gasteiger partial charge in [-0.1, -0.05) is 24.3 Å². The molecule has 2 aromatic rings. The minimum Gasteiger partial charge on any atom is -0.322 e. The van der Waals surface area contributed by atoms with Gasteiger partial charge in [0.15, 0.2) is 0 Å². The van der Waals surface area contributed by atoms with Gasteiger partial charge in [0.2, 0.25) is 10.0 Å². The maximum Gasteiger partial charge on any atom is 0.255 e. The van der Waals surface area contributed by atoms with Crippen LogP contribution in [0.3, 0.4) is 0 Å². The first kappa shape index (κ1) is 21.1. The van der Waals surface area contributed by atoms with E-state index in [4.69, 9.17) is 0 Å². The van der Waals surface area contributed by atoms with Crippen LogP contribution in [0, 0.1) is 0 Å². The van der Waals surface area contributed by atoms with E-state index in [1.807, 2.05) is 43.3 Å². The smallest absolute Gasteiger partial charge is 0.255 e. The van der Waals surface area contributed by atoms with Gasteiger partial charge < -0.3 is 10.2 Å². The predicted molar refractivity (Wildman–Crippen MR) is 108 cm³/mol. The van der Waals surface area contributed by atoms with Crippen molar-refractivity contribution in [2.45, 2.75) is 31.3 Å². The van der Waals surface area contributed by atoms with E-state index >= 15 is 0 Å². The second-order valence-corrected chi connectivity index (χ2v) is 8.99. The number of carbonyl (C=O) groups excluding carboxylic acids is 1. The van der Waals surface area contributed by atoms with Crippen molar-refractivity contribution in [2.24, 2.45) is 0 Å². The second-order valence-electron chi connectivity index (χ2n) is 6.99. The number of sulfonamides is 1. The van der Waals surface area contributed by atoms with Crippen LogP contribution in [0.25, 0.3) is 0 Å². The summed E-state index contributed by atoms with van der Waals surface area (Å²) in [6.45, 7) is 4.29. The minimum absolute atomic E-state index is 0.105. The molecule has 0 aliphatic heterocycles. The molecule has 2 rings (SSSR count). The normalized spacial score (nSPS) is 12.0. The molecule has 0 saturated heterocycles. The number of carbonyl (C=O) groups is 1. The molecule has 0 aliphatic carbocycles. The fourth-order valence-corrected chi connectivity index (χ4v) is 3.97.